The Morgan fingerprint density at radius 1 is 1.20 bits per heavy atom. The number of esters is 1. The fourth-order valence-corrected chi connectivity index (χ4v) is 3.48. The number of hydrogen-bond donors (Lipinski definition) is 2. The Labute approximate surface area is 172 Å². The van der Waals surface area contributed by atoms with Crippen molar-refractivity contribution < 1.29 is 36.7 Å². The van der Waals surface area contributed by atoms with Gasteiger partial charge < -0.3 is 24.1 Å². The van der Waals surface area contributed by atoms with Gasteiger partial charge in [-0.1, -0.05) is 5.16 Å². The second-order valence-electron chi connectivity index (χ2n) is 6.43. The van der Waals surface area contributed by atoms with Crippen molar-refractivity contribution in [2.75, 3.05) is 25.1 Å². The van der Waals surface area contributed by atoms with Crippen molar-refractivity contribution in [3.05, 3.63) is 30.0 Å². The molecule has 2 aromatic rings. The average molecular weight is 439 g/mol. The number of nitrogens with one attached hydrogen (secondary N) is 2. The number of benzene rings is 1. The molecule has 0 spiro atoms. The number of rotatable bonds is 7. The van der Waals surface area contributed by atoms with Crippen molar-refractivity contribution in [3.8, 4) is 11.5 Å². The molecule has 12 heteroatoms. The van der Waals surface area contributed by atoms with E-state index in [9.17, 15) is 18.0 Å². The number of ether oxygens (including phenoxy) is 3. The fraction of sp³-hybridized carbons (Fsp3) is 0.389. The SMILES string of the molecule is Cc1cc(NC(=O)[C@H](C)OC(=O)CNS(=O)(=O)c2ccc3c(c2)OCCCO3)no1. The van der Waals surface area contributed by atoms with Gasteiger partial charge in [-0.15, -0.1) is 0 Å². The molecule has 0 unspecified atom stereocenters. The fourth-order valence-electron chi connectivity index (χ4n) is 2.49. The van der Waals surface area contributed by atoms with Crippen LogP contribution in [0, 0.1) is 6.92 Å². The van der Waals surface area contributed by atoms with Crippen molar-refractivity contribution in [1.29, 1.82) is 0 Å². The number of fused-ring (bicyclic) bond motifs is 1. The number of aromatic nitrogens is 1. The molecule has 1 aliphatic heterocycles. The summed E-state index contributed by atoms with van der Waals surface area (Å²) in [6.07, 6.45) is -0.486. The number of nitrogens with zero attached hydrogens (tertiary/aromatic N) is 1. The van der Waals surface area contributed by atoms with Gasteiger partial charge in [-0.3, -0.25) is 9.59 Å². The van der Waals surface area contributed by atoms with Gasteiger partial charge in [0.2, 0.25) is 10.0 Å². The lowest BCUT2D eigenvalue weighted by Crippen LogP contribution is -2.35. The van der Waals surface area contributed by atoms with Crippen LogP contribution in [0.3, 0.4) is 0 Å². The van der Waals surface area contributed by atoms with E-state index in [2.05, 4.69) is 15.2 Å². The normalized spacial score (nSPS) is 14.5. The number of carbonyl (C=O) groups is 2. The van der Waals surface area contributed by atoms with Crippen molar-refractivity contribution in [2.45, 2.75) is 31.3 Å². The number of amides is 1. The number of hydrogen-bond acceptors (Lipinski definition) is 9. The molecule has 11 nitrogen and oxygen atoms in total. The summed E-state index contributed by atoms with van der Waals surface area (Å²) < 4.78 is 47.8. The molecule has 30 heavy (non-hydrogen) atoms. The number of sulfonamides is 1. The summed E-state index contributed by atoms with van der Waals surface area (Å²) in [4.78, 5) is 23.9. The Bertz CT molecular complexity index is 1030. The molecule has 162 valence electrons. The van der Waals surface area contributed by atoms with Gasteiger partial charge in [-0.2, -0.15) is 4.72 Å². The minimum atomic E-state index is -4.01. The van der Waals surface area contributed by atoms with Crippen molar-refractivity contribution in [2.24, 2.45) is 0 Å². The molecule has 1 aromatic heterocycles. The summed E-state index contributed by atoms with van der Waals surface area (Å²) in [5.74, 6) is -0.122. The molecule has 2 heterocycles. The second kappa shape index (κ2) is 9.13. The van der Waals surface area contributed by atoms with Gasteiger partial charge in [0.1, 0.15) is 12.3 Å². The van der Waals surface area contributed by atoms with Crippen LogP contribution in [0.25, 0.3) is 0 Å². The maximum atomic E-state index is 12.5. The van der Waals surface area contributed by atoms with E-state index in [1.807, 2.05) is 0 Å². The minimum Gasteiger partial charge on any atom is -0.490 e. The summed E-state index contributed by atoms with van der Waals surface area (Å²) in [5, 5.41) is 6.01. The Morgan fingerprint density at radius 3 is 2.63 bits per heavy atom. The number of carbonyl (C=O) groups excluding carboxylic acids is 2. The molecular weight excluding hydrogens is 418 g/mol. The molecule has 0 fully saturated rings. The monoisotopic (exact) mass is 439 g/mol. The number of aryl methyl sites for hydroxylation is 1. The molecule has 1 aromatic carbocycles. The maximum absolute atomic E-state index is 12.5. The molecule has 1 amide bonds. The molecule has 0 saturated carbocycles. The zero-order valence-electron chi connectivity index (χ0n) is 16.3. The molecule has 2 N–H and O–H groups in total. The number of anilines is 1. The van der Waals surface area contributed by atoms with Crippen LogP contribution in [0.1, 0.15) is 19.1 Å². The van der Waals surface area contributed by atoms with E-state index in [-0.39, 0.29) is 10.7 Å². The van der Waals surface area contributed by atoms with Crippen LogP contribution in [0.4, 0.5) is 5.82 Å². The van der Waals surface area contributed by atoms with E-state index in [0.717, 1.165) is 0 Å². The van der Waals surface area contributed by atoms with Crippen molar-refractivity contribution in [1.82, 2.24) is 9.88 Å². The molecule has 0 aliphatic carbocycles. The molecule has 0 radical (unpaired) electrons. The van der Waals surface area contributed by atoms with Crippen LogP contribution in [0.2, 0.25) is 0 Å². The first-order valence-corrected chi connectivity index (χ1v) is 10.6. The molecule has 1 aliphatic rings. The first-order valence-electron chi connectivity index (χ1n) is 9.07. The van der Waals surface area contributed by atoms with Crippen LogP contribution in [-0.4, -0.2) is 51.3 Å². The van der Waals surface area contributed by atoms with Gasteiger partial charge in [0.15, 0.2) is 23.4 Å². The zero-order chi connectivity index (χ0) is 21.7. The van der Waals surface area contributed by atoms with Crippen LogP contribution in [-0.2, 0) is 24.3 Å². The van der Waals surface area contributed by atoms with E-state index in [0.29, 0.717) is 36.9 Å². The van der Waals surface area contributed by atoms with Gasteiger partial charge in [-0.05, 0) is 26.0 Å². The lowest BCUT2D eigenvalue weighted by Gasteiger charge is -2.13. The molecule has 1 atom stereocenters. The standard InChI is InChI=1S/C18H21N3O8S/c1-11-8-16(21-29-11)20-18(23)12(2)28-17(22)10-19-30(24,25)13-4-5-14-15(9-13)27-7-3-6-26-14/h4-5,8-9,12,19H,3,6-7,10H2,1-2H3,(H,20,21,23)/t12-/m0/s1. The lowest BCUT2D eigenvalue weighted by molar-refractivity contribution is -0.151. The first kappa shape index (κ1) is 21.6. The van der Waals surface area contributed by atoms with Gasteiger partial charge in [0.05, 0.1) is 18.1 Å². The Kier molecular flexibility index (Phi) is 6.57. The van der Waals surface area contributed by atoms with Gasteiger partial charge in [0, 0.05) is 18.6 Å². The molecule has 0 bridgehead atoms. The van der Waals surface area contributed by atoms with E-state index in [4.69, 9.17) is 18.7 Å². The summed E-state index contributed by atoms with van der Waals surface area (Å²) in [6.45, 7) is 3.23. The van der Waals surface area contributed by atoms with Crippen molar-refractivity contribution in [3.63, 3.8) is 0 Å². The van der Waals surface area contributed by atoms with Gasteiger partial charge in [0.25, 0.3) is 5.91 Å². The Balaban J connectivity index is 1.54. The average Bonchev–Trinajstić information content (AvgIpc) is 2.97. The zero-order valence-corrected chi connectivity index (χ0v) is 17.2. The van der Waals surface area contributed by atoms with Gasteiger partial charge >= 0.3 is 5.97 Å². The summed E-state index contributed by atoms with van der Waals surface area (Å²) in [6, 6.07) is 5.66. The third-order valence-corrected chi connectivity index (χ3v) is 5.39. The third-order valence-electron chi connectivity index (χ3n) is 3.99. The van der Waals surface area contributed by atoms with E-state index in [1.54, 1.807) is 6.92 Å². The molecular formula is C18H21N3O8S. The van der Waals surface area contributed by atoms with E-state index >= 15 is 0 Å². The van der Waals surface area contributed by atoms with Crippen LogP contribution in [0.15, 0.2) is 33.7 Å². The largest absolute Gasteiger partial charge is 0.490 e. The van der Waals surface area contributed by atoms with Crippen LogP contribution >= 0.6 is 0 Å². The Morgan fingerprint density at radius 2 is 1.93 bits per heavy atom. The highest BCUT2D eigenvalue weighted by atomic mass is 32.2. The highest BCUT2D eigenvalue weighted by molar-refractivity contribution is 7.89. The highest BCUT2D eigenvalue weighted by Gasteiger charge is 2.23. The van der Waals surface area contributed by atoms with E-state index < -0.39 is 34.5 Å². The minimum absolute atomic E-state index is 0.0910. The van der Waals surface area contributed by atoms with Gasteiger partial charge in [-0.25, -0.2) is 8.42 Å². The Hall–Kier alpha value is -3.12. The quantitative estimate of drug-likeness (QED) is 0.603. The maximum Gasteiger partial charge on any atom is 0.321 e. The highest BCUT2D eigenvalue weighted by Crippen LogP contribution is 2.31. The smallest absolute Gasteiger partial charge is 0.321 e. The topological polar surface area (TPSA) is 146 Å². The third kappa shape index (κ3) is 5.48. The summed E-state index contributed by atoms with van der Waals surface area (Å²) in [7, 11) is -4.01. The summed E-state index contributed by atoms with van der Waals surface area (Å²) in [5.41, 5.74) is 0. The second-order valence-corrected chi connectivity index (χ2v) is 8.19. The summed E-state index contributed by atoms with van der Waals surface area (Å²) >= 11 is 0. The van der Waals surface area contributed by atoms with Crippen molar-refractivity contribution >= 4 is 27.7 Å². The van der Waals surface area contributed by atoms with Crippen LogP contribution in [0.5, 0.6) is 11.5 Å². The molecule has 0 saturated heterocycles. The molecule has 3 rings (SSSR count). The lowest BCUT2D eigenvalue weighted by atomic mass is 10.3. The first-order chi connectivity index (χ1) is 14.2. The van der Waals surface area contributed by atoms with E-state index in [1.165, 1.54) is 31.2 Å². The van der Waals surface area contributed by atoms with Crippen LogP contribution < -0.4 is 19.5 Å². The predicted octanol–water partition coefficient (Wildman–Crippen LogP) is 0.993. The predicted molar refractivity (Wildman–Crippen MR) is 103 cm³/mol.